The molecule has 0 spiro atoms. The van der Waals surface area contributed by atoms with Crippen molar-refractivity contribution >= 4 is 0 Å². The van der Waals surface area contributed by atoms with E-state index in [-0.39, 0.29) is 0 Å². The van der Waals surface area contributed by atoms with Gasteiger partial charge in [0.05, 0.1) is 6.04 Å². The molecule has 1 aliphatic carbocycles. The molecule has 1 nitrogen and oxygen atoms in total. The topological polar surface area (TPSA) is 3.24 Å². The predicted octanol–water partition coefficient (Wildman–Crippen LogP) is 2.77. The number of nitrogens with zero attached hydrogens (tertiary/aromatic N) is 1. The average Bonchev–Trinajstić information content (AvgIpc) is 2.29. The molecule has 0 aromatic heterocycles. The Morgan fingerprint density at radius 3 is 3.14 bits per heavy atom. The standard InChI is InChI=1S/C13H13N/c1-2-6-12-11(5-1)8-10-14-9-4-3-7-13(12)14/h1-5,7-10,12-13H,6H2/t12?,13-/m0/s1. The average molecular weight is 183 g/mol. The third-order valence-corrected chi connectivity index (χ3v) is 3.12. The van der Waals surface area contributed by atoms with E-state index in [0.717, 1.165) is 6.42 Å². The molecule has 1 heteroatoms. The zero-order valence-corrected chi connectivity index (χ0v) is 8.01. The van der Waals surface area contributed by atoms with Gasteiger partial charge in [-0.25, -0.2) is 0 Å². The van der Waals surface area contributed by atoms with E-state index >= 15 is 0 Å². The van der Waals surface area contributed by atoms with Crippen molar-refractivity contribution in [3.63, 3.8) is 0 Å². The molecule has 0 saturated carbocycles. The van der Waals surface area contributed by atoms with Crippen molar-refractivity contribution in [2.45, 2.75) is 12.5 Å². The number of allylic oxidation sites excluding steroid dienone is 6. The molecule has 0 radical (unpaired) electrons. The van der Waals surface area contributed by atoms with Gasteiger partial charge in [0.2, 0.25) is 0 Å². The van der Waals surface area contributed by atoms with Crippen molar-refractivity contribution in [3.05, 3.63) is 60.5 Å². The van der Waals surface area contributed by atoms with Crippen LogP contribution in [-0.4, -0.2) is 10.9 Å². The van der Waals surface area contributed by atoms with Gasteiger partial charge >= 0.3 is 0 Å². The molecule has 14 heavy (non-hydrogen) atoms. The fraction of sp³-hybridized carbons (Fsp3) is 0.231. The van der Waals surface area contributed by atoms with E-state index in [1.807, 2.05) is 0 Å². The van der Waals surface area contributed by atoms with Crippen LogP contribution in [0.2, 0.25) is 0 Å². The lowest BCUT2D eigenvalue weighted by Crippen LogP contribution is -2.37. The second-order valence-corrected chi connectivity index (χ2v) is 3.92. The summed E-state index contributed by atoms with van der Waals surface area (Å²) in [7, 11) is 0. The van der Waals surface area contributed by atoms with Crippen LogP contribution in [0, 0.1) is 5.92 Å². The van der Waals surface area contributed by atoms with Crippen molar-refractivity contribution in [3.8, 4) is 0 Å². The molecule has 0 bridgehead atoms. The van der Waals surface area contributed by atoms with Crippen LogP contribution in [0.3, 0.4) is 0 Å². The highest BCUT2D eigenvalue weighted by Crippen LogP contribution is 2.33. The lowest BCUT2D eigenvalue weighted by Gasteiger charge is -2.38. The van der Waals surface area contributed by atoms with Crippen LogP contribution in [0.15, 0.2) is 60.5 Å². The molecule has 2 atom stereocenters. The summed E-state index contributed by atoms with van der Waals surface area (Å²) in [5, 5.41) is 0. The molecule has 0 aromatic rings. The monoisotopic (exact) mass is 183 g/mol. The largest absolute Gasteiger partial charge is 0.347 e. The summed E-state index contributed by atoms with van der Waals surface area (Å²) < 4.78 is 0. The minimum Gasteiger partial charge on any atom is -0.347 e. The van der Waals surface area contributed by atoms with Gasteiger partial charge in [-0.15, -0.1) is 0 Å². The molecular formula is C13H13N. The van der Waals surface area contributed by atoms with Gasteiger partial charge in [-0.05, 0) is 24.1 Å². The van der Waals surface area contributed by atoms with Crippen molar-refractivity contribution in [2.75, 3.05) is 0 Å². The summed E-state index contributed by atoms with van der Waals surface area (Å²) in [4.78, 5) is 2.29. The molecular weight excluding hydrogens is 170 g/mol. The maximum Gasteiger partial charge on any atom is 0.0585 e. The Balaban J connectivity index is 2.01. The van der Waals surface area contributed by atoms with E-state index in [0.29, 0.717) is 12.0 Å². The fourth-order valence-electron chi connectivity index (χ4n) is 2.37. The second kappa shape index (κ2) is 3.02. The second-order valence-electron chi connectivity index (χ2n) is 3.92. The van der Waals surface area contributed by atoms with Gasteiger partial charge in [-0.1, -0.05) is 30.4 Å². The van der Waals surface area contributed by atoms with E-state index in [1.165, 1.54) is 5.57 Å². The Kier molecular flexibility index (Phi) is 1.69. The maximum atomic E-state index is 2.29. The zero-order valence-electron chi connectivity index (χ0n) is 8.01. The Morgan fingerprint density at radius 1 is 1.14 bits per heavy atom. The van der Waals surface area contributed by atoms with Crippen molar-refractivity contribution in [1.29, 1.82) is 0 Å². The van der Waals surface area contributed by atoms with Gasteiger partial charge in [0.25, 0.3) is 0 Å². The van der Waals surface area contributed by atoms with Crippen LogP contribution in [-0.2, 0) is 0 Å². The highest BCUT2D eigenvalue weighted by Gasteiger charge is 2.28. The van der Waals surface area contributed by atoms with Gasteiger partial charge < -0.3 is 4.90 Å². The molecule has 2 aliphatic heterocycles. The predicted molar refractivity (Wildman–Crippen MR) is 58.4 cm³/mol. The Labute approximate surface area is 84.4 Å². The zero-order chi connectivity index (χ0) is 9.38. The van der Waals surface area contributed by atoms with Gasteiger partial charge in [-0.2, -0.15) is 0 Å². The smallest absolute Gasteiger partial charge is 0.0585 e. The molecule has 0 saturated heterocycles. The summed E-state index contributed by atoms with van der Waals surface area (Å²) in [5.41, 5.74) is 1.47. The van der Waals surface area contributed by atoms with E-state index in [1.54, 1.807) is 0 Å². The Morgan fingerprint density at radius 2 is 2.14 bits per heavy atom. The third-order valence-electron chi connectivity index (χ3n) is 3.12. The summed E-state index contributed by atoms with van der Waals surface area (Å²) in [6.45, 7) is 0. The molecule has 3 rings (SSSR count). The lowest BCUT2D eigenvalue weighted by molar-refractivity contribution is 0.322. The molecule has 1 unspecified atom stereocenters. The Bertz CT molecular complexity index is 382. The highest BCUT2D eigenvalue weighted by molar-refractivity contribution is 5.37. The van der Waals surface area contributed by atoms with Crippen LogP contribution >= 0.6 is 0 Å². The van der Waals surface area contributed by atoms with Gasteiger partial charge in [-0.3, -0.25) is 0 Å². The van der Waals surface area contributed by atoms with Crippen LogP contribution < -0.4 is 0 Å². The summed E-state index contributed by atoms with van der Waals surface area (Å²) >= 11 is 0. The van der Waals surface area contributed by atoms with Crippen molar-refractivity contribution < 1.29 is 0 Å². The van der Waals surface area contributed by atoms with E-state index in [4.69, 9.17) is 0 Å². The minimum absolute atomic E-state index is 0.529. The van der Waals surface area contributed by atoms with Crippen LogP contribution in [0.25, 0.3) is 0 Å². The SMILES string of the molecule is C1=CCC2C(=C1)C=CN1C=CC=C[C@@H]21. The van der Waals surface area contributed by atoms with E-state index in [2.05, 4.69) is 59.8 Å². The van der Waals surface area contributed by atoms with E-state index in [9.17, 15) is 0 Å². The molecule has 2 heterocycles. The van der Waals surface area contributed by atoms with Gasteiger partial charge in [0.15, 0.2) is 0 Å². The fourth-order valence-corrected chi connectivity index (χ4v) is 2.37. The van der Waals surface area contributed by atoms with Crippen LogP contribution in [0.4, 0.5) is 0 Å². The highest BCUT2D eigenvalue weighted by atomic mass is 15.1. The molecule has 3 aliphatic rings. The lowest BCUT2D eigenvalue weighted by atomic mass is 9.82. The normalized spacial score (nSPS) is 32.6. The first-order valence-corrected chi connectivity index (χ1v) is 5.12. The molecule has 0 N–H and O–H groups in total. The number of fused-ring (bicyclic) bond motifs is 3. The van der Waals surface area contributed by atoms with Crippen LogP contribution in [0.1, 0.15) is 6.42 Å². The first-order chi connectivity index (χ1) is 6.95. The molecule has 0 fully saturated rings. The number of hydrogen-bond donors (Lipinski definition) is 0. The molecule has 0 aromatic carbocycles. The van der Waals surface area contributed by atoms with Crippen LogP contribution in [0.5, 0.6) is 0 Å². The quantitative estimate of drug-likeness (QED) is 0.558. The van der Waals surface area contributed by atoms with Crippen molar-refractivity contribution in [1.82, 2.24) is 4.90 Å². The number of hydrogen-bond acceptors (Lipinski definition) is 1. The van der Waals surface area contributed by atoms with E-state index < -0.39 is 0 Å². The summed E-state index contributed by atoms with van der Waals surface area (Å²) in [6, 6.07) is 0.529. The number of rotatable bonds is 0. The third kappa shape index (κ3) is 1.09. The summed E-state index contributed by atoms with van der Waals surface area (Å²) in [5.74, 6) is 0.645. The first kappa shape index (κ1) is 7.86. The van der Waals surface area contributed by atoms with Crippen molar-refractivity contribution in [2.24, 2.45) is 5.92 Å². The minimum atomic E-state index is 0.529. The molecule has 0 amide bonds. The first-order valence-electron chi connectivity index (χ1n) is 5.12. The summed E-state index contributed by atoms with van der Waals surface area (Å²) in [6.07, 6.45) is 20.9. The maximum absolute atomic E-state index is 2.29. The van der Waals surface area contributed by atoms with Gasteiger partial charge in [0.1, 0.15) is 0 Å². The molecule has 70 valence electrons. The Hall–Kier alpha value is -1.50. The van der Waals surface area contributed by atoms with Gasteiger partial charge in [0, 0.05) is 18.3 Å².